The number of carboxylic acid groups (broad SMARTS) is 1. The Morgan fingerprint density at radius 3 is 2.32 bits per heavy atom. The fourth-order valence-corrected chi connectivity index (χ4v) is 2.31. The molecule has 0 aliphatic carbocycles. The van der Waals surface area contributed by atoms with Gasteiger partial charge in [-0.05, 0) is 42.5 Å². The summed E-state index contributed by atoms with van der Waals surface area (Å²) in [5.74, 6) is -4.20. The molecule has 0 radical (unpaired) electrons. The number of carboxylic acids is 1. The number of aromatic nitrogens is 2. The first-order valence-electron chi connectivity index (χ1n) is 7.79. The van der Waals surface area contributed by atoms with Crippen LogP contribution in [0.25, 0.3) is 0 Å². The van der Waals surface area contributed by atoms with Gasteiger partial charge in [0.1, 0.15) is 11.6 Å². The second-order valence-electron chi connectivity index (χ2n) is 5.54. The van der Waals surface area contributed by atoms with Crippen LogP contribution in [0.3, 0.4) is 0 Å². The Kier molecular flexibility index (Phi) is 5.12. The van der Waals surface area contributed by atoms with Crippen LogP contribution in [0.1, 0.15) is 31.3 Å². The Hall–Kier alpha value is -4.08. The molecule has 1 heterocycles. The van der Waals surface area contributed by atoms with E-state index in [4.69, 9.17) is 5.11 Å². The maximum Gasteiger partial charge on any atom is 0.354 e. The summed E-state index contributed by atoms with van der Waals surface area (Å²) in [5, 5.41) is 13.6. The summed E-state index contributed by atoms with van der Waals surface area (Å²) >= 11 is 0. The normalized spacial score (nSPS) is 10.4. The molecule has 3 aromatic rings. The van der Waals surface area contributed by atoms with Gasteiger partial charge in [0.2, 0.25) is 0 Å². The predicted molar refractivity (Wildman–Crippen MR) is 94.3 cm³/mol. The molecule has 0 atom stereocenters. The molecule has 2 amide bonds. The van der Waals surface area contributed by atoms with Gasteiger partial charge >= 0.3 is 5.97 Å². The number of amides is 2. The van der Waals surface area contributed by atoms with Crippen molar-refractivity contribution in [3.63, 3.8) is 0 Å². The molecular weight excluding hydrogens is 374 g/mol. The van der Waals surface area contributed by atoms with Gasteiger partial charge in [-0.1, -0.05) is 0 Å². The maximum absolute atomic E-state index is 14.2. The fraction of sp³-hybridized carbons (Fsp3) is 0. The Morgan fingerprint density at radius 2 is 1.68 bits per heavy atom. The Balaban J connectivity index is 1.72. The van der Waals surface area contributed by atoms with Crippen LogP contribution >= 0.6 is 0 Å². The summed E-state index contributed by atoms with van der Waals surface area (Å²) in [5.41, 5.74) is -0.749. The smallest absolute Gasteiger partial charge is 0.354 e. The summed E-state index contributed by atoms with van der Waals surface area (Å²) in [6.45, 7) is 0. The number of carbonyl (C=O) groups excluding carboxylic acids is 2. The minimum absolute atomic E-state index is 0.0293. The number of hydrogen-bond acceptors (Lipinski definition) is 4. The van der Waals surface area contributed by atoms with E-state index in [0.717, 1.165) is 24.5 Å². The van der Waals surface area contributed by atoms with Crippen LogP contribution < -0.4 is 10.6 Å². The number of benzene rings is 2. The van der Waals surface area contributed by atoms with Gasteiger partial charge in [0.15, 0.2) is 11.4 Å². The molecule has 10 heteroatoms. The molecule has 142 valence electrons. The number of nitrogens with one attached hydrogen (secondary N) is 3. The number of nitrogens with zero attached hydrogens (tertiary/aromatic N) is 1. The van der Waals surface area contributed by atoms with Crippen LogP contribution in [-0.2, 0) is 0 Å². The van der Waals surface area contributed by atoms with E-state index in [1.165, 1.54) is 24.3 Å². The molecule has 2 aromatic carbocycles. The highest BCUT2D eigenvalue weighted by molar-refractivity contribution is 6.09. The molecule has 0 aliphatic rings. The second-order valence-corrected chi connectivity index (χ2v) is 5.54. The fourth-order valence-electron chi connectivity index (χ4n) is 2.31. The Labute approximate surface area is 156 Å². The third-order valence-corrected chi connectivity index (χ3v) is 3.65. The topological polar surface area (TPSA) is 124 Å². The lowest BCUT2D eigenvalue weighted by Gasteiger charge is -2.09. The van der Waals surface area contributed by atoms with Gasteiger partial charge in [0.05, 0.1) is 12.0 Å². The van der Waals surface area contributed by atoms with Crippen LogP contribution in [-0.4, -0.2) is 32.9 Å². The van der Waals surface area contributed by atoms with E-state index in [1.807, 2.05) is 0 Å². The first-order chi connectivity index (χ1) is 13.3. The first-order valence-corrected chi connectivity index (χ1v) is 7.79. The number of carbonyl (C=O) groups is 3. The van der Waals surface area contributed by atoms with Crippen molar-refractivity contribution >= 4 is 29.2 Å². The van der Waals surface area contributed by atoms with E-state index < -0.39 is 35.1 Å². The second kappa shape index (κ2) is 7.66. The number of aromatic carboxylic acids is 1. The third-order valence-electron chi connectivity index (χ3n) is 3.65. The van der Waals surface area contributed by atoms with E-state index in [0.29, 0.717) is 0 Å². The highest BCUT2D eigenvalue weighted by atomic mass is 19.1. The van der Waals surface area contributed by atoms with Crippen LogP contribution in [0.2, 0.25) is 0 Å². The molecule has 0 aliphatic heterocycles. The van der Waals surface area contributed by atoms with E-state index in [2.05, 4.69) is 20.6 Å². The molecule has 0 unspecified atom stereocenters. The summed E-state index contributed by atoms with van der Waals surface area (Å²) in [6.07, 6.45) is 1.05. The molecule has 8 nitrogen and oxygen atoms in total. The summed E-state index contributed by atoms with van der Waals surface area (Å²) < 4.78 is 27.1. The number of imidazole rings is 1. The Morgan fingerprint density at radius 1 is 0.964 bits per heavy atom. The predicted octanol–water partition coefficient (Wildman–Crippen LogP) is 2.89. The number of hydrogen-bond donors (Lipinski definition) is 4. The number of H-pyrrole nitrogens is 1. The molecular formula is C18H12F2N4O4. The SMILES string of the molecule is O=C(Nc1ccc(NC(=O)c2nc[nH]c2C(=O)O)cc1F)c1ccc(F)cc1. The standard InChI is InChI=1S/C18H12F2N4O4/c19-10-3-1-9(2-4-10)16(25)24-13-6-5-11(7-12(13)20)23-17(26)14-15(18(27)28)22-8-21-14/h1-8H,(H,21,22)(H,23,26)(H,24,25)(H,27,28). The van der Waals surface area contributed by atoms with Crippen LogP contribution in [0.4, 0.5) is 20.2 Å². The van der Waals surface area contributed by atoms with Gasteiger partial charge in [-0.2, -0.15) is 0 Å². The van der Waals surface area contributed by atoms with Gasteiger partial charge in [-0.3, -0.25) is 9.59 Å². The van der Waals surface area contributed by atoms with Gasteiger partial charge in [-0.25, -0.2) is 18.6 Å². The molecule has 4 N–H and O–H groups in total. The highest BCUT2D eigenvalue weighted by Gasteiger charge is 2.20. The molecule has 0 saturated heterocycles. The van der Waals surface area contributed by atoms with Crippen LogP contribution in [0, 0.1) is 11.6 Å². The van der Waals surface area contributed by atoms with Gasteiger partial charge < -0.3 is 20.7 Å². The lowest BCUT2D eigenvalue weighted by Crippen LogP contribution is -2.17. The first kappa shape index (κ1) is 18.7. The van der Waals surface area contributed by atoms with Gasteiger partial charge in [0.25, 0.3) is 11.8 Å². The van der Waals surface area contributed by atoms with E-state index in [-0.39, 0.29) is 22.6 Å². The zero-order valence-corrected chi connectivity index (χ0v) is 14.0. The average molecular weight is 386 g/mol. The van der Waals surface area contributed by atoms with Gasteiger partial charge in [-0.15, -0.1) is 0 Å². The lowest BCUT2D eigenvalue weighted by atomic mass is 10.2. The summed E-state index contributed by atoms with van der Waals surface area (Å²) in [7, 11) is 0. The molecule has 3 rings (SSSR count). The zero-order chi connectivity index (χ0) is 20.3. The largest absolute Gasteiger partial charge is 0.477 e. The molecule has 0 bridgehead atoms. The molecule has 1 aromatic heterocycles. The van der Waals surface area contributed by atoms with Crippen molar-refractivity contribution in [1.29, 1.82) is 0 Å². The number of anilines is 2. The van der Waals surface area contributed by atoms with Crippen molar-refractivity contribution < 1.29 is 28.3 Å². The number of rotatable bonds is 5. The Bertz CT molecular complexity index is 1060. The van der Waals surface area contributed by atoms with Crippen LogP contribution in [0.15, 0.2) is 48.8 Å². The molecule has 0 fully saturated rings. The van der Waals surface area contributed by atoms with E-state index in [1.54, 1.807) is 0 Å². The minimum Gasteiger partial charge on any atom is -0.477 e. The lowest BCUT2D eigenvalue weighted by molar-refractivity contribution is 0.0686. The van der Waals surface area contributed by atoms with Crippen molar-refractivity contribution in [1.82, 2.24) is 9.97 Å². The number of halogens is 2. The molecule has 0 saturated carbocycles. The van der Waals surface area contributed by atoms with Crippen molar-refractivity contribution in [3.8, 4) is 0 Å². The van der Waals surface area contributed by atoms with Crippen LogP contribution in [0.5, 0.6) is 0 Å². The molecule has 28 heavy (non-hydrogen) atoms. The minimum atomic E-state index is -1.37. The third kappa shape index (κ3) is 4.01. The van der Waals surface area contributed by atoms with Crippen molar-refractivity contribution in [2.75, 3.05) is 10.6 Å². The quantitative estimate of drug-likeness (QED) is 0.537. The summed E-state index contributed by atoms with van der Waals surface area (Å²) in [4.78, 5) is 41.1. The van der Waals surface area contributed by atoms with Crippen molar-refractivity contribution in [2.24, 2.45) is 0 Å². The van der Waals surface area contributed by atoms with E-state index in [9.17, 15) is 23.2 Å². The average Bonchev–Trinajstić information content (AvgIpc) is 3.15. The van der Waals surface area contributed by atoms with E-state index >= 15 is 0 Å². The van der Waals surface area contributed by atoms with Gasteiger partial charge in [0, 0.05) is 11.3 Å². The molecule has 0 spiro atoms. The van der Waals surface area contributed by atoms with Crippen molar-refractivity contribution in [2.45, 2.75) is 0 Å². The highest BCUT2D eigenvalue weighted by Crippen LogP contribution is 2.20. The zero-order valence-electron chi connectivity index (χ0n) is 14.0. The maximum atomic E-state index is 14.2. The monoisotopic (exact) mass is 386 g/mol. The summed E-state index contributed by atoms with van der Waals surface area (Å²) in [6, 6.07) is 8.19. The van der Waals surface area contributed by atoms with Crippen molar-refractivity contribution in [3.05, 3.63) is 77.4 Å². The number of aromatic amines is 1.